The highest BCUT2D eigenvalue weighted by Gasteiger charge is 2.18. The third-order valence-corrected chi connectivity index (χ3v) is 2.64. The lowest BCUT2D eigenvalue weighted by molar-refractivity contribution is 0.0507. The maximum atomic E-state index is 11.8. The van der Waals surface area contributed by atoms with Crippen molar-refractivity contribution in [2.75, 3.05) is 11.9 Å². The summed E-state index contributed by atoms with van der Waals surface area (Å²) < 4.78 is 15.0. The number of ether oxygens (including phenoxy) is 2. The van der Waals surface area contributed by atoms with Gasteiger partial charge in [-0.1, -0.05) is 6.07 Å². The Morgan fingerprint density at radius 1 is 1.29 bits per heavy atom. The van der Waals surface area contributed by atoms with Crippen LogP contribution in [0.25, 0.3) is 11.5 Å². The standard InChI is InChI=1S/C16H19N3O5/c1-5-22-14(20)12-18-13(24-19-12)10-7-6-8-11(9-10)17-15(21)23-16(2,3)4/h6-9H,5H2,1-4H3,(H,17,21). The molecule has 1 aromatic carbocycles. The Morgan fingerprint density at radius 3 is 2.71 bits per heavy atom. The smallest absolute Gasteiger partial charge is 0.412 e. The van der Waals surface area contributed by atoms with Gasteiger partial charge >= 0.3 is 12.1 Å². The molecule has 0 aliphatic carbocycles. The lowest BCUT2D eigenvalue weighted by atomic mass is 10.2. The van der Waals surface area contributed by atoms with E-state index in [1.54, 1.807) is 52.0 Å². The largest absolute Gasteiger partial charge is 0.460 e. The molecule has 2 aromatic rings. The predicted octanol–water partition coefficient (Wildman–Crippen LogP) is 3.26. The Bertz CT molecular complexity index is 733. The van der Waals surface area contributed by atoms with Crippen molar-refractivity contribution < 1.29 is 23.6 Å². The topological polar surface area (TPSA) is 104 Å². The van der Waals surface area contributed by atoms with Gasteiger partial charge in [0, 0.05) is 11.3 Å². The third-order valence-electron chi connectivity index (χ3n) is 2.64. The molecule has 0 fully saturated rings. The summed E-state index contributed by atoms with van der Waals surface area (Å²) in [5.41, 5.74) is 0.451. The highest BCUT2D eigenvalue weighted by atomic mass is 16.6. The van der Waals surface area contributed by atoms with Crippen molar-refractivity contribution in [2.45, 2.75) is 33.3 Å². The second kappa shape index (κ2) is 7.12. The van der Waals surface area contributed by atoms with Gasteiger partial charge in [-0.2, -0.15) is 4.98 Å². The third kappa shape index (κ3) is 4.80. The van der Waals surface area contributed by atoms with Crippen LogP contribution >= 0.6 is 0 Å². The van der Waals surface area contributed by atoms with E-state index in [0.717, 1.165) is 0 Å². The molecule has 128 valence electrons. The molecule has 0 aliphatic heterocycles. The van der Waals surface area contributed by atoms with E-state index in [1.165, 1.54) is 0 Å². The summed E-state index contributed by atoms with van der Waals surface area (Å²) in [5.74, 6) is -0.668. The average Bonchev–Trinajstić information content (AvgIpc) is 2.95. The number of anilines is 1. The quantitative estimate of drug-likeness (QED) is 0.856. The molecule has 0 radical (unpaired) electrons. The monoisotopic (exact) mass is 333 g/mol. The van der Waals surface area contributed by atoms with Gasteiger partial charge in [0.05, 0.1) is 6.61 Å². The van der Waals surface area contributed by atoms with Gasteiger partial charge in [0.1, 0.15) is 5.60 Å². The fraction of sp³-hybridized carbons (Fsp3) is 0.375. The lowest BCUT2D eigenvalue weighted by Crippen LogP contribution is -2.27. The Kier molecular flexibility index (Phi) is 5.18. The molecule has 8 nitrogen and oxygen atoms in total. The SMILES string of the molecule is CCOC(=O)c1noc(-c2cccc(NC(=O)OC(C)(C)C)c2)n1. The first-order chi connectivity index (χ1) is 11.3. The van der Waals surface area contributed by atoms with Crippen molar-refractivity contribution in [1.82, 2.24) is 10.1 Å². The first-order valence-electron chi connectivity index (χ1n) is 7.40. The van der Waals surface area contributed by atoms with Crippen LogP contribution in [0, 0.1) is 0 Å². The van der Waals surface area contributed by atoms with Crippen LogP contribution in [0.15, 0.2) is 28.8 Å². The van der Waals surface area contributed by atoms with Crippen molar-refractivity contribution in [3.05, 3.63) is 30.1 Å². The molecule has 1 N–H and O–H groups in total. The second-order valence-electron chi connectivity index (χ2n) is 5.85. The molecule has 24 heavy (non-hydrogen) atoms. The number of esters is 1. The van der Waals surface area contributed by atoms with Crippen LogP contribution in [-0.4, -0.2) is 34.4 Å². The van der Waals surface area contributed by atoms with Gasteiger partial charge in [-0.15, -0.1) is 0 Å². The van der Waals surface area contributed by atoms with E-state index in [4.69, 9.17) is 14.0 Å². The summed E-state index contributed by atoms with van der Waals surface area (Å²) >= 11 is 0. The van der Waals surface area contributed by atoms with E-state index in [1.807, 2.05) is 0 Å². The molecular formula is C16H19N3O5. The number of amides is 1. The van der Waals surface area contributed by atoms with Crippen molar-refractivity contribution in [1.29, 1.82) is 0 Å². The maximum Gasteiger partial charge on any atom is 0.412 e. The highest BCUT2D eigenvalue weighted by Crippen LogP contribution is 2.22. The molecule has 1 aromatic heterocycles. The van der Waals surface area contributed by atoms with E-state index in [0.29, 0.717) is 11.3 Å². The molecule has 0 bridgehead atoms. The van der Waals surface area contributed by atoms with E-state index < -0.39 is 17.7 Å². The second-order valence-corrected chi connectivity index (χ2v) is 5.85. The summed E-state index contributed by atoms with van der Waals surface area (Å²) in [5, 5.41) is 6.19. The van der Waals surface area contributed by atoms with Crippen LogP contribution in [0.2, 0.25) is 0 Å². The molecule has 0 spiro atoms. The van der Waals surface area contributed by atoms with Crippen molar-refractivity contribution >= 4 is 17.7 Å². The number of carbonyl (C=O) groups excluding carboxylic acids is 2. The molecule has 0 aliphatic rings. The van der Waals surface area contributed by atoms with E-state index in [-0.39, 0.29) is 18.3 Å². The summed E-state index contributed by atoms with van der Waals surface area (Å²) in [6.45, 7) is 7.23. The number of carbonyl (C=O) groups is 2. The summed E-state index contributed by atoms with van der Waals surface area (Å²) in [7, 11) is 0. The molecule has 0 saturated carbocycles. The van der Waals surface area contributed by atoms with E-state index in [9.17, 15) is 9.59 Å². The minimum atomic E-state index is -0.657. The summed E-state index contributed by atoms with van der Waals surface area (Å²) in [6, 6.07) is 6.74. The highest BCUT2D eigenvalue weighted by molar-refractivity contribution is 5.86. The Labute approximate surface area is 139 Å². The van der Waals surface area contributed by atoms with Gasteiger partial charge < -0.3 is 14.0 Å². The lowest BCUT2D eigenvalue weighted by Gasteiger charge is -2.19. The Balaban J connectivity index is 2.13. The van der Waals surface area contributed by atoms with Gasteiger partial charge in [0.15, 0.2) is 0 Å². The molecule has 8 heteroatoms. The van der Waals surface area contributed by atoms with Gasteiger partial charge in [0.2, 0.25) is 0 Å². The zero-order chi connectivity index (χ0) is 17.7. The number of hydrogen-bond donors (Lipinski definition) is 1. The van der Waals surface area contributed by atoms with Crippen LogP contribution in [0.5, 0.6) is 0 Å². The molecule has 1 heterocycles. The van der Waals surface area contributed by atoms with Crippen LogP contribution in [-0.2, 0) is 9.47 Å². The van der Waals surface area contributed by atoms with E-state index >= 15 is 0 Å². The first-order valence-corrected chi connectivity index (χ1v) is 7.40. The Morgan fingerprint density at radius 2 is 2.04 bits per heavy atom. The number of benzene rings is 1. The number of nitrogens with zero attached hydrogens (tertiary/aromatic N) is 2. The molecular weight excluding hydrogens is 314 g/mol. The van der Waals surface area contributed by atoms with Gasteiger partial charge in [0.25, 0.3) is 11.7 Å². The number of aromatic nitrogens is 2. The minimum Gasteiger partial charge on any atom is -0.460 e. The van der Waals surface area contributed by atoms with Crippen molar-refractivity contribution in [2.24, 2.45) is 0 Å². The fourth-order valence-electron chi connectivity index (χ4n) is 1.77. The van der Waals surface area contributed by atoms with Crippen LogP contribution in [0.3, 0.4) is 0 Å². The molecule has 0 saturated heterocycles. The van der Waals surface area contributed by atoms with Gasteiger partial charge in [-0.25, -0.2) is 9.59 Å². The zero-order valence-corrected chi connectivity index (χ0v) is 14.0. The number of nitrogens with one attached hydrogen (secondary N) is 1. The van der Waals surface area contributed by atoms with Crippen molar-refractivity contribution in [3.63, 3.8) is 0 Å². The maximum absolute atomic E-state index is 11.8. The van der Waals surface area contributed by atoms with Gasteiger partial charge in [-0.05, 0) is 51.1 Å². The first kappa shape index (κ1) is 17.5. The predicted molar refractivity (Wildman–Crippen MR) is 85.5 cm³/mol. The number of rotatable bonds is 4. The number of hydrogen-bond acceptors (Lipinski definition) is 7. The summed E-state index contributed by atoms with van der Waals surface area (Å²) in [4.78, 5) is 27.3. The summed E-state index contributed by atoms with van der Waals surface area (Å²) in [6.07, 6.45) is -0.572. The van der Waals surface area contributed by atoms with Crippen LogP contribution in [0.1, 0.15) is 38.3 Å². The van der Waals surface area contributed by atoms with Crippen molar-refractivity contribution in [3.8, 4) is 11.5 Å². The van der Waals surface area contributed by atoms with Gasteiger partial charge in [-0.3, -0.25) is 5.32 Å². The minimum absolute atomic E-state index is 0.144. The normalized spacial score (nSPS) is 11.0. The molecule has 0 unspecified atom stereocenters. The molecule has 0 atom stereocenters. The van der Waals surface area contributed by atoms with E-state index in [2.05, 4.69) is 15.5 Å². The van der Waals surface area contributed by atoms with Crippen LogP contribution < -0.4 is 5.32 Å². The fourth-order valence-corrected chi connectivity index (χ4v) is 1.77. The Hall–Kier alpha value is -2.90. The average molecular weight is 333 g/mol. The van der Waals surface area contributed by atoms with Crippen LogP contribution in [0.4, 0.5) is 10.5 Å². The molecule has 1 amide bonds. The zero-order valence-electron chi connectivity index (χ0n) is 14.0. The molecule has 2 rings (SSSR count).